The van der Waals surface area contributed by atoms with E-state index in [0.29, 0.717) is 0 Å². The molecule has 5 rings (SSSR count). The molecule has 1 saturated heterocycles. The maximum Gasteiger partial charge on any atom is 0.0685 e. The molecule has 0 amide bonds. The Balaban J connectivity index is 1.42. The molecule has 1 aromatic heterocycles. The second-order valence-electron chi connectivity index (χ2n) is 7.90. The van der Waals surface area contributed by atoms with E-state index in [1.165, 1.54) is 57.3 Å². The SMILES string of the molecule is Cn1ncc2ccc(C3=C(c4ccc(CC5CCOCC5)cc4)SCC3)cc21. The van der Waals surface area contributed by atoms with E-state index in [9.17, 15) is 0 Å². The summed E-state index contributed by atoms with van der Waals surface area (Å²) in [5.41, 5.74) is 6.83. The summed E-state index contributed by atoms with van der Waals surface area (Å²) >= 11 is 1.99. The Morgan fingerprint density at radius 3 is 2.68 bits per heavy atom. The van der Waals surface area contributed by atoms with Crippen molar-refractivity contribution in [3.63, 3.8) is 0 Å². The topological polar surface area (TPSA) is 27.1 Å². The first-order valence-electron chi connectivity index (χ1n) is 10.2. The number of hydrogen-bond acceptors (Lipinski definition) is 3. The van der Waals surface area contributed by atoms with Crippen LogP contribution in [0.25, 0.3) is 21.4 Å². The summed E-state index contributed by atoms with van der Waals surface area (Å²) in [6.45, 7) is 1.85. The summed E-state index contributed by atoms with van der Waals surface area (Å²) in [5, 5.41) is 5.59. The van der Waals surface area contributed by atoms with E-state index in [0.717, 1.165) is 31.3 Å². The molecule has 2 aliphatic rings. The van der Waals surface area contributed by atoms with Gasteiger partial charge in [0.05, 0.1) is 11.7 Å². The van der Waals surface area contributed by atoms with E-state index in [1.54, 1.807) is 0 Å². The van der Waals surface area contributed by atoms with Crippen molar-refractivity contribution in [1.29, 1.82) is 0 Å². The summed E-state index contributed by atoms with van der Waals surface area (Å²) in [6.07, 6.45) is 6.65. The van der Waals surface area contributed by atoms with Crippen LogP contribution in [0.3, 0.4) is 0 Å². The molecule has 4 heteroatoms. The number of fused-ring (bicyclic) bond motifs is 1. The lowest BCUT2D eigenvalue weighted by Gasteiger charge is -2.22. The number of ether oxygens (including phenoxy) is 1. The molecule has 1 fully saturated rings. The van der Waals surface area contributed by atoms with E-state index in [1.807, 2.05) is 29.7 Å². The third kappa shape index (κ3) is 3.51. The third-order valence-corrected chi connectivity index (χ3v) is 7.23. The first-order valence-corrected chi connectivity index (χ1v) is 11.2. The Labute approximate surface area is 170 Å². The number of nitrogens with zero attached hydrogens (tertiary/aromatic N) is 2. The molecule has 0 radical (unpaired) electrons. The minimum absolute atomic E-state index is 0.779. The van der Waals surface area contributed by atoms with Crippen molar-refractivity contribution < 1.29 is 4.74 Å². The first kappa shape index (κ1) is 18.0. The molecular formula is C24H26N2OS. The van der Waals surface area contributed by atoms with Crippen molar-refractivity contribution >= 4 is 33.1 Å². The molecule has 144 valence electrons. The minimum Gasteiger partial charge on any atom is -0.381 e. The van der Waals surface area contributed by atoms with Crippen molar-refractivity contribution in [2.75, 3.05) is 19.0 Å². The van der Waals surface area contributed by atoms with Crippen LogP contribution in [0.15, 0.2) is 48.7 Å². The minimum atomic E-state index is 0.779. The van der Waals surface area contributed by atoms with Crippen LogP contribution in [0.2, 0.25) is 0 Å². The highest BCUT2D eigenvalue weighted by Crippen LogP contribution is 2.44. The molecule has 0 aliphatic carbocycles. The lowest BCUT2D eigenvalue weighted by molar-refractivity contribution is 0.0665. The summed E-state index contributed by atoms with van der Waals surface area (Å²) in [5.74, 6) is 1.94. The Hall–Kier alpha value is -2.04. The van der Waals surface area contributed by atoms with Crippen molar-refractivity contribution in [3.8, 4) is 0 Å². The molecule has 0 N–H and O–H groups in total. The van der Waals surface area contributed by atoms with E-state index >= 15 is 0 Å². The van der Waals surface area contributed by atoms with E-state index in [2.05, 4.69) is 47.6 Å². The number of rotatable bonds is 4. The normalized spacial score (nSPS) is 18.3. The van der Waals surface area contributed by atoms with Crippen molar-refractivity contribution in [1.82, 2.24) is 9.78 Å². The number of hydrogen-bond donors (Lipinski definition) is 0. The fraction of sp³-hybridized carbons (Fsp3) is 0.375. The van der Waals surface area contributed by atoms with Gasteiger partial charge in [0, 0.05) is 36.3 Å². The molecular weight excluding hydrogens is 364 g/mol. The van der Waals surface area contributed by atoms with Crippen molar-refractivity contribution in [3.05, 3.63) is 65.4 Å². The number of thioether (sulfide) groups is 1. The maximum atomic E-state index is 5.49. The van der Waals surface area contributed by atoms with Gasteiger partial charge in [-0.25, -0.2) is 0 Å². The summed E-state index contributed by atoms with van der Waals surface area (Å²) in [4.78, 5) is 1.44. The van der Waals surface area contributed by atoms with Crippen LogP contribution in [0.5, 0.6) is 0 Å². The average Bonchev–Trinajstić information content (AvgIpc) is 3.36. The lowest BCUT2D eigenvalue weighted by Crippen LogP contribution is -2.17. The summed E-state index contributed by atoms with van der Waals surface area (Å²) < 4.78 is 7.46. The van der Waals surface area contributed by atoms with E-state index in [4.69, 9.17) is 4.74 Å². The quantitative estimate of drug-likeness (QED) is 0.585. The zero-order valence-electron chi connectivity index (χ0n) is 16.4. The third-order valence-electron chi connectivity index (χ3n) is 6.05. The van der Waals surface area contributed by atoms with Crippen molar-refractivity contribution in [2.45, 2.75) is 25.7 Å². The zero-order chi connectivity index (χ0) is 18.9. The zero-order valence-corrected chi connectivity index (χ0v) is 17.2. The van der Waals surface area contributed by atoms with Crippen LogP contribution in [-0.4, -0.2) is 28.7 Å². The number of aromatic nitrogens is 2. The van der Waals surface area contributed by atoms with Gasteiger partial charge >= 0.3 is 0 Å². The second-order valence-corrected chi connectivity index (χ2v) is 9.01. The fourth-order valence-electron chi connectivity index (χ4n) is 4.40. The van der Waals surface area contributed by atoms with Gasteiger partial charge in [0.2, 0.25) is 0 Å². The molecule has 0 saturated carbocycles. The molecule has 2 aromatic carbocycles. The lowest BCUT2D eigenvalue weighted by atomic mass is 9.92. The van der Waals surface area contributed by atoms with Crippen LogP contribution in [0, 0.1) is 5.92 Å². The van der Waals surface area contributed by atoms with Crippen LogP contribution in [0.1, 0.15) is 36.0 Å². The molecule has 3 heterocycles. The molecule has 0 bridgehead atoms. The molecule has 0 atom stereocenters. The van der Waals surface area contributed by atoms with E-state index in [-0.39, 0.29) is 0 Å². The molecule has 3 nitrogen and oxygen atoms in total. The standard InChI is InChI=1S/C24H26N2OS/c1-26-23-15-20(6-7-21(23)16-25-26)22-10-13-28-24(22)19-4-2-17(3-5-19)14-18-8-11-27-12-9-18/h2-7,15-16,18H,8-14H2,1H3. The molecule has 2 aliphatic heterocycles. The Bertz CT molecular complexity index is 1010. The van der Waals surface area contributed by atoms with Gasteiger partial charge in [0.15, 0.2) is 0 Å². The van der Waals surface area contributed by atoms with E-state index < -0.39 is 0 Å². The predicted octanol–water partition coefficient (Wildman–Crippen LogP) is 5.55. The first-order chi connectivity index (χ1) is 13.8. The molecule has 0 spiro atoms. The largest absolute Gasteiger partial charge is 0.381 e. The highest BCUT2D eigenvalue weighted by molar-refractivity contribution is 8.08. The highest BCUT2D eigenvalue weighted by atomic mass is 32.2. The number of benzene rings is 2. The Morgan fingerprint density at radius 1 is 1.07 bits per heavy atom. The molecule has 0 unspecified atom stereocenters. The smallest absolute Gasteiger partial charge is 0.0685 e. The summed E-state index contributed by atoms with van der Waals surface area (Å²) in [6, 6.07) is 16.1. The number of aryl methyl sites for hydroxylation is 1. The van der Waals surface area contributed by atoms with Gasteiger partial charge in [0.1, 0.15) is 0 Å². The van der Waals surface area contributed by atoms with Gasteiger partial charge in [-0.05, 0) is 59.9 Å². The molecule has 3 aromatic rings. The second kappa shape index (κ2) is 7.76. The highest BCUT2D eigenvalue weighted by Gasteiger charge is 2.20. The summed E-state index contributed by atoms with van der Waals surface area (Å²) in [7, 11) is 2.02. The predicted molar refractivity (Wildman–Crippen MR) is 118 cm³/mol. The van der Waals surface area contributed by atoms with Gasteiger partial charge in [-0.3, -0.25) is 4.68 Å². The van der Waals surface area contributed by atoms with Crippen LogP contribution in [0.4, 0.5) is 0 Å². The molecule has 28 heavy (non-hydrogen) atoms. The Kier molecular flexibility index (Phi) is 5.00. The van der Waals surface area contributed by atoms with Crippen molar-refractivity contribution in [2.24, 2.45) is 13.0 Å². The number of allylic oxidation sites excluding steroid dienone is 1. The van der Waals surface area contributed by atoms with Crippen LogP contribution < -0.4 is 0 Å². The Morgan fingerprint density at radius 2 is 1.86 bits per heavy atom. The monoisotopic (exact) mass is 390 g/mol. The average molecular weight is 391 g/mol. The maximum absolute atomic E-state index is 5.49. The van der Waals surface area contributed by atoms with Gasteiger partial charge in [-0.1, -0.05) is 36.4 Å². The van der Waals surface area contributed by atoms with Gasteiger partial charge in [0.25, 0.3) is 0 Å². The fourth-order valence-corrected chi connectivity index (χ4v) is 5.60. The van der Waals surface area contributed by atoms with Gasteiger partial charge in [-0.15, -0.1) is 11.8 Å². The van der Waals surface area contributed by atoms with Gasteiger partial charge in [-0.2, -0.15) is 5.10 Å². The van der Waals surface area contributed by atoms with Gasteiger partial charge < -0.3 is 4.74 Å². The van der Waals surface area contributed by atoms with Crippen LogP contribution in [-0.2, 0) is 18.2 Å². The van der Waals surface area contributed by atoms with Crippen LogP contribution >= 0.6 is 11.8 Å².